The number of hydrogen-bond acceptors (Lipinski definition) is 4. The number of anilines is 1. The number of alkyl halides is 3. The summed E-state index contributed by atoms with van der Waals surface area (Å²) >= 11 is 0. The number of carbonyl (C=O) groups is 3. The highest BCUT2D eigenvalue weighted by atomic mass is 19.4. The quantitative estimate of drug-likeness (QED) is 0.691. The summed E-state index contributed by atoms with van der Waals surface area (Å²) in [5.74, 6) is -2.58. The van der Waals surface area contributed by atoms with Gasteiger partial charge in [0, 0.05) is 11.3 Å². The fourth-order valence-electron chi connectivity index (χ4n) is 1.50. The summed E-state index contributed by atoms with van der Waals surface area (Å²) in [6, 6.07) is 4.29. The molecule has 10 heteroatoms. The molecule has 3 N–H and O–H groups in total. The first-order valence-electron chi connectivity index (χ1n) is 6.66. The van der Waals surface area contributed by atoms with E-state index in [0.29, 0.717) is 0 Å². The van der Waals surface area contributed by atoms with Crippen LogP contribution in [0.25, 0.3) is 0 Å². The molecular formula is C14H15F3N2O5. The van der Waals surface area contributed by atoms with Crippen LogP contribution in [0.4, 0.5) is 18.9 Å². The summed E-state index contributed by atoms with van der Waals surface area (Å²) in [6.07, 6.45) is -4.51. The Morgan fingerprint density at radius 2 is 1.79 bits per heavy atom. The number of carboxylic acids is 1. The van der Waals surface area contributed by atoms with Gasteiger partial charge >= 0.3 is 12.1 Å². The molecule has 1 aromatic carbocycles. The molecular weight excluding hydrogens is 333 g/mol. The number of ether oxygens (including phenoxy) is 1. The Labute approximate surface area is 134 Å². The molecule has 24 heavy (non-hydrogen) atoms. The first-order valence-corrected chi connectivity index (χ1v) is 6.66. The zero-order valence-corrected chi connectivity index (χ0v) is 12.5. The fourth-order valence-corrected chi connectivity index (χ4v) is 1.50. The first kappa shape index (κ1) is 19.4. The van der Waals surface area contributed by atoms with E-state index in [1.165, 1.54) is 31.2 Å². The fraction of sp³-hybridized carbons (Fsp3) is 0.357. The molecule has 1 rings (SSSR count). The Kier molecular flexibility index (Phi) is 6.71. The molecule has 0 spiro atoms. The van der Waals surface area contributed by atoms with E-state index in [1.54, 1.807) is 0 Å². The van der Waals surface area contributed by atoms with Crippen LogP contribution in [0.5, 0.6) is 0 Å². The Bertz CT molecular complexity index is 601. The molecule has 1 aromatic rings. The molecule has 1 atom stereocenters. The van der Waals surface area contributed by atoms with E-state index >= 15 is 0 Å². The van der Waals surface area contributed by atoms with Gasteiger partial charge in [-0.1, -0.05) is 0 Å². The van der Waals surface area contributed by atoms with Crippen molar-refractivity contribution in [2.75, 3.05) is 18.5 Å². The number of carbonyl (C=O) groups excluding carboxylic acids is 2. The topological polar surface area (TPSA) is 105 Å². The molecule has 0 saturated heterocycles. The number of nitrogens with one attached hydrogen (secondary N) is 2. The van der Waals surface area contributed by atoms with Crippen molar-refractivity contribution in [1.82, 2.24) is 5.32 Å². The molecule has 132 valence electrons. The van der Waals surface area contributed by atoms with Crippen LogP contribution in [-0.4, -0.2) is 48.3 Å². The van der Waals surface area contributed by atoms with Crippen molar-refractivity contribution in [2.45, 2.75) is 19.1 Å². The molecule has 7 nitrogen and oxygen atoms in total. The highest BCUT2D eigenvalue weighted by Gasteiger charge is 2.27. The Morgan fingerprint density at radius 1 is 1.21 bits per heavy atom. The van der Waals surface area contributed by atoms with Crippen LogP contribution >= 0.6 is 0 Å². The minimum absolute atomic E-state index is 0.162. The number of hydrogen-bond donors (Lipinski definition) is 3. The molecule has 0 aliphatic rings. The van der Waals surface area contributed by atoms with Crippen molar-refractivity contribution in [2.24, 2.45) is 0 Å². The van der Waals surface area contributed by atoms with Crippen LogP contribution in [0.1, 0.15) is 17.3 Å². The number of halogens is 3. The van der Waals surface area contributed by atoms with E-state index in [0.717, 1.165) is 0 Å². The molecule has 0 aliphatic heterocycles. The molecule has 0 bridgehead atoms. The summed E-state index contributed by atoms with van der Waals surface area (Å²) in [6.45, 7) is -0.991. The van der Waals surface area contributed by atoms with E-state index in [9.17, 15) is 27.6 Å². The lowest BCUT2D eigenvalue weighted by Crippen LogP contribution is -2.38. The lowest BCUT2D eigenvalue weighted by Gasteiger charge is -2.10. The molecule has 0 aromatic heterocycles. The number of benzene rings is 1. The third-order valence-electron chi connectivity index (χ3n) is 2.65. The lowest BCUT2D eigenvalue weighted by atomic mass is 10.2. The molecule has 0 heterocycles. The third kappa shape index (κ3) is 7.09. The first-order chi connectivity index (χ1) is 11.1. The largest absolute Gasteiger partial charge is 0.480 e. The summed E-state index contributed by atoms with van der Waals surface area (Å²) in [4.78, 5) is 33.8. The molecule has 0 fully saturated rings. The zero-order valence-electron chi connectivity index (χ0n) is 12.5. The smallest absolute Gasteiger partial charge is 0.411 e. The van der Waals surface area contributed by atoms with Crippen LogP contribution in [0, 0.1) is 0 Å². The molecule has 0 saturated carbocycles. The molecule has 0 aliphatic carbocycles. The standard InChI is InChI=1S/C14H15F3N2O5/c1-8(13(22)23)18-12(21)9-2-4-10(5-3-9)19-11(20)6-24-7-14(15,16)17/h2-5,8H,6-7H2,1H3,(H,18,21)(H,19,20)(H,22,23). The minimum atomic E-state index is -4.51. The summed E-state index contributed by atoms with van der Waals surface area (Å²) in [7, 11) is 0. The SMILES string of the molecule is CC(NC(=O)c1ccc(NC(=O)COCC(F)(F)F)cc1)C(=O)O. The number of carboxylic acid groups (broad SMARTS) is 1. The van der Waals surface area contributed by atoms with Crippen molar-refractivity contribution >= 4 is 23.5 Å². The second-order valence-electron chi connectivity index (χ2n) is 4.77. The monoisotopic (exact) mass is 348 g/mol. The predicted octanol–water partition coefficient (Wildman–Crippen LogP) is 1.41. The summed E-state index contributed by atoms with van der Waals surface area (Å²) < 4.78 is 39.8. The summed E-state index contributed by atoms with van der Waals surface area (Å²) in [5.41, 5.74) is 0.410. The maximum absolute atomic E-state index is 11.9. The van der Waals surface area contributed by atoms with Crippen LogP contribution in [0.2, 0.25) is 0 Å². The maximum atomic E-state index is 11.9. The van der Waals surface area contributed by atoms with Gasteiger partial charge in [0.1, 0.15) is 19.3 Å². The van der Waals surface area contributed by atoms with Crippen molar-refractivity contribution in [3.63, 3.8) is 0 Å². The molecule has 1 unspecified atom stereocenters. The van der Waals surface area contributed by atoms with Crippen molar-refractivity contribution in [3.8, 4) is 0 Å². The van der Waals surface area contributed by atoms with Gasteiger partial charge in [0.15, 0.2) is 0 Å². The van der Waals surface area contributed by atoms with Gasteiger partial charge in [0.25, 0.3) is 5.91 Å². The maximum Gasteiger partial charge on any atom is 0.411 e. The minimum Gasteiger partial charge on any atom is -0.480 e. The third-order valence-corrected chi connectivity index (χ3v) is 2.65. The Hall–Kier alpha value is -2.62. The number of rotatable bonds is 7. The zero-order chi connectivity index (χ0) is 18.3. The van der Waals surface area contributed by atoms with E-state index in [2.05, 4.69) is 15.4 Å². The van der Waals surface area contributed by atoms with E-state index in [1.807, 2.05) is 0 Å². The van der Waals surface area contributed by atoms with Gasteiger partial charge in [-0.2, -0.15) is 13.2 Å². The number of amides is 2. The highest BCUT2D eigenvalue weighted by Crippen LogP contribution is 2.14. The normalized spacial score (nSPS) is 12.3. The molecule has 2 amide bonds. The summed E-state index contributed by atoms with van der Waals surface area (Å²) in [5, 5.41) is 13.2. The van der Waals surface area contributed by atoms with E-state index < -0.39 is 43.2 Å². The van der Waals surface area contributed by atoms with Crippen LogP contribution in [0.15, 0.2) is 24.3 Å². The van der Waals surface area contributed by atoms with Crippen LogP contribution < -0.4 is 10.6 Å². The van der Waals surface area contributed by atoms with Gasteiger partial charge in [-0.3, -0.25) is 14.4 Å². The van der Waals surface area contributed by atoms with Gasteiger partial charge in [0.2, 0.25) is 5.91 Å². The van der Waals surface area contributed by atoms with Crippen LogP contribution in [-0.2, 0) is 14.3 Å². The van der Waals surface area contributed by atoms with Gasteiger partial charge in [0.05, 0.1) is 0 Å². The predicted molar refractivity (Wildman–Crippen MR) is 76.5 cm³/mol. The lowest BCUT2D eigenvalue weighted by molar-refractivity contribution is -0.174. The number of aliphatic carboxylic acids is 1. The van der Waals surface area contributed by atoms with Crippen LogP contribution in [0.3, 0.4) is 0 Å². The average molecular weight is 348 g/mol. The molecule has 0 radical (unpaired) electrons. The van der Waals surface area contributed by atoms with Crippen molar-refractivity contribution in [3.05, 3.63) is 29.8 Å². The second-order valence-corrected chi connectivity index (χ2v) is 4.77. The average Bonchev–Trinajstić information content (AvgIpc) is 2.46. The van der Waals surface area contributed by atoms with Gasteiger partial charge in [-0.15, -0.1) is 0 Å². The second kappa shape index (κ2) is 8.29. The highest BCUT2D eigenvalue weighted by molar-refractivity contribution is 5.97. The van der Waals surface area contributed by atoms with Gasteiger partial charge in [-0.25, -0.2) is 0 Å². The Balaban J connectivity index is 2.51. The Morgan fingerprint density at radius 3 is 2.29 bits per heavy atom. The van der Waals surface area contributed by atoms with Gasteiger partial charge < -0.3 is 20.5 Å². The van der Waals surface area contributed by atoms with E-state index in [4.69, 9.17) is 5.11 Å². The van der Waals surface area contributed by atoms with Crippen molar-refractivity contribution in [1.29, 1.82) is 0 Å². The van der Waals surface area contributed by atoms with Gasteiger partial charge in [-0.05, 0) is 31.2 Å². The van der Waals surface area contributed by atoms with Crippen molar-refractivity contribution < 1.29 is 37.4 Å². The van der Waals surface area contributed by atoms with E-state index in [-0.39, 0.29) is 11.3 Å².